The van der Waals surface area contributed by atoms with Crippen LogP contribution in [-0.2, 0) is 17.6 Å². The van der Waals surface area contributed by atoms with E-state index in [1.165, 1.54) is 54.4 Å². The van der Waals surface area contributed by atoms with E-state index < -0.39 is 0 Å². The van der Waals surface area contributed by atoms with Crippen LogP contribution in [0.4, 0.5) is 0 Å². The second-order valence-corrected chi connectivity index (χ2v) is 9.39. The van der Waals surface area contributed by atoms with Gasteiger partial charge in [0.05, 0.1) is 5.92 Å². The quantitative estimate of drug-likeness (QED) is 0.425. The molecule has 0 heterocycles. The van der Waals surface area contributed by atoms with Gasteiger partial charge in [0.25, 0.3) is 0 Å². The van der Waals surface area contributed by atoms with Crippen molar-refractivity contribution in [2.24, 2.45) is 5.92 Å². The maximum Gasteiger partial charge on any atom is 0.163 e. The molecule has 2 aromatic rings. The molecule has 1 heteroatoms. The van der Waals surface area contributed by atoms with Gasteiger partial charge in [-0.1, -0.05) is 118 Å². The molecule has 2 aliphatic rings. The molecule has 1 unspecified atom stereocenters. The van der Waals surface area contributed by atoms with Crippen molar-refractivity contribution in [1.82, 2.24) is 0 Å². The summed E-state index contributed by atoms with van der Waals surface area (Å²) in [6, 6.07) is 19.5. The van der Waals surface area contributed by atoms with Gasteiger partial charge >= 0.3 is 0 Å². The molecule has 2 aromatic carbocycles. The van der Waals surface area contributed by atoms with E-state index in [2.05, 4.69) is 62.1 Å². The molecule has 0 aliphatic heterocycles. The molecule has 180 valence electrons. The highest BCUT2D eigenvalue weighted by atomic mass is 16.1. The highest BCUT2D eigenvalue weighted by molar-refractivity contribution is 5.97. The normalized spacial score (nSPS) is 20.3. The second-order valence-electron chi connectivity index (χ2n) is 9.39. The molecule has 1 saturated carbocycles. The molecule has 1 atom stereocenters. The summed E-state index contributed by atoms with van der Waals surface area (Å²) < 4.78 is 0. The molecule has 34 heavy (non-hydrogen) atoms. The Morgan fingerprint density at radius 3 is 2.29 bits per heavy atom. The predicted molar refractivity (Wildman–Crippen MR) is 148 cm³/mol. The van der Waals surface area contributed by atoms with E-state index in [1.54, 1.807) is 6.08 Å². The SMILES string of the molecule is C=C1/C(=C\C=C(/C)Cc2ccc(C3CCCCC3)cc2)C=CC(=O)C1Cc1ccccc1.CC.[HH]. The van der Waals surface area contributed by atoms with Crippen molar-refractivity contribution in [1.29, 1.82) is 0 Å². The lowest BCUT2D eigenvalue weighted by molar-refractivity contribution is -0.117. The Balaban J connectivity index is 0.00000140. The van der Waals surface area contributed by atoms with Crippen molar-refractivity contribution in [2.45, 2.75) is 71.6 Å². The smallest absolute Gasteiger partial charge is 0.163 e. The van der Waals surface area contributed by atoms with Crippen LogP contribution in [0.5, 0.6) is 0 Å². The van der Waals surface area contributed by atoms with Gasteiger partial charge in [-0.15, -0.1) is 0 Å². The number of hydrogen-bond donors (Lipinski definition) is 0. The molecule has 1 nitrogen and oxygen atoms in total. The molecule has 0 bridgehead atoms. The molecular formula is C33H42O. The zero-order chi connectivity index (χ0) is 24.3. The van der Waals surface area contributed by atoms with Gasteiger partial charge in [-0.2, -0.15) is 0 Å². The maximum atomic E-state index is 12.5. The number of carbonyl (C=O) groups is 1. The van der Waals surface area contributed by atoms with Crippen LogP contribution in [0.3, 0.4) is 0 Å². The van der Waals surface area contributed by atoms with Crippen LogP contribution in [0.1, 0.15) is 76.9 Å². The van der Waals surface area contributed by atoms with E-state index in [-0.39, 0.29) is 13.1 Å². The third kappa shape index (κ3) is 7.03. The molecule has 0 radical (unpaired) electrons. The highest BCUT2D eigenvalue weighted by Crippen LogP contribution is 2.33. The van der Waals surface area contributed by atoms with Crippen LogP contribution < -0.4 is 0 Å². The molecule has 2 aliphatic carbocycles. The minimum atomic E-state index is -0.172. The molecule has 0 aromatic heterocycles. The molecule has 0 saturated heterocycles. The third-order valence-corrected chi connectivity index (χ3v) is 6.93. The van der Waals surface area contributed by atoms with Crippen LogP contribution in [0.25, 0.3) is 0 Å². The number of carbonyl (C=O) groups excluding carboxylic acids is 1. The number of ketones is 1. The van der Waals surface area contributed by atoms with E-state index in [9.17, 15) is 4.79 Å². The van der Waals surface area contributed by atoms with E-state index >= 15 is 0 Å². The molecule has 4 rings (SSSR count). The predicted octanol–water partition coefficient (Wildman–Crippen LogP) is 8.98. The molecule has 0 N–H and O–H groups in total. The molecule has 0 spiro atoms. The highest BCUT2D eigenvalue weighted by Gasteiger charge is 2.25. The number of benzene rings is 2. The van der Waals surface area contributed by atoms with Crippen LogP contribution in [0.15, 0.2) is 102 Å². The first-order chi connectivity index (χ1) is 16.6. The van der Waals surface area contributed by atoms with Gasteiger partial charge in [0.2, 0.25) is 0 Å². The van der Waals surface area contributed by atoms with E-state index in [1.807, 2.05) is 38.1 Å². The largest absolute Gasteiger partial charge is 0.294 e. The Hall–Kier alpha value is -2.93. The van der Waals surface area contributed by atoms with Gasteiger partial charge in [-0.25, -0.2) is 0 Å². The van der Waals surface area contributed by atoms with Crippen molar-refractivity contribution in [2.75, 3.05) is 0 Å². The Bertz CT molecular complexity index is 1030. The maximum absolute atomic E-state index is 12.5. The van der Waals surface area contributed by atoms with Gasteiger partial charge in [0.1, 0.15) is 0 Å². The Morgan fingerprint density at radius 2 is 1.62 bits per heavy atom. The molecule has 0 amide bonds. The van der Waals surface area contributed by atoms with Gasteiger partial charge in [-0.3, -0.25) is 4.79 Å². The van der Waals surface area contributed by atoms with Crippen molar-refractivity contribution < 1.29 is 6.22 Å². The standard InChI is InChI=1S/C31H34O.C2H6.H2/c1-23(21-26-14-17-29(18-15-26)28-11-7-4-8-12-28)13-16-27-19-20-31(32)30(24(27)2)22-25-9-5-3-6-10-25;1-2;/h3,5-6,9-10,13-20,28,30H,2,4,7-8,11-12,21-22H2,1H3;1-2H3;1H/b23-13+,27-16-;;. The van der Waals surface area contributed by atoms with Crippen LogP contribution in [0.2, 0.25) is 0 Å². The first-order valence-electron chi connectivity index (χ1n) is 13.0. The van der Waals surface area contributed by atoms with Crippen LogP contribution in [-0.4, -0.2) is 5.78 Å². The molecular weight excluding hydrogens is 412 g/mol. The van der Waals surface area contributed by atoms with E-state index in [0.29, 0.717) is 6.42 Å². The number of allylic oxidation sites excluding steroid dienone is 7. The van der Waals surface area contributed by atoms with Crippen LogP contribution in [0, 0.1) is 5.92 Å². The van der Waals surface area contributed by atoms with Crippen molar-refractivity contribution in [3.8, 4) is 0 Å². The summed E-state index contributed by atoms with van der Waals surface area (Å²) >= 11 is 0. The summed E-state index contributed by atoms with van der Waals surface area (Å²) in [5.74, 6) is 0.735. The zero-order valence-electron chi connectivity index (χ0n) is 21.2. The van der Waals surface area contributed by atoms with E-state index in [0.717, 1.165) is 23.5 Å². The Morgan fingerprint density at radius 1 is 0.941 bits per heavy atom. The fourth-order valence-corrected chi connectivity index (χ4v) is 4.96. The minimum absolute atomic E-state index is 0. The topological polar surface area (TPSA) is 17.1 Å². The average Bonchev–Trinajstić information content (AvgIpc) is 2.89. The Labute approximate surface area is 208 Å². The second kappa shape index (κ2) is 13.1. The fraction of sp³-hybridized carbons (Fsp3) is 0.364. The number of rotatable bonds is 6. The van der Waals surface area contributed by atoms with Crippen LogP contribution >= 0.6 is 0 Å². The summed E-state index contributed by atoms with van der Waals surface area (Å²) in [6.07, 6.45) is 16.4. The van der Waals surface area contributed by atoms with E-state index in [4.69, 9.17) is 0 Å². The summed E-state index contributed by atoms with van der Waals surface area (Å²) in [4.78, 5) is 12.5. The summed E-state index contributed by atoms with van der Waals surface area (Å²) in [5, 5.41) is 0. The van der Waals surface area contributed by atoms with Gasteiger partial charge in [0, 0.05) is 1.43 Å². The summed E-state index contributed by atoms with van der Waals surface area (Å²) in [7, 11) is 0. The first-order valence-corrected chi connectivity index (χ1v) is 13.0. The molecule has 1 fully saturated rings. The lowest BCUT2D eigenvalue weighted by Crippen LogP contribution is -2.21. The van der Waals surface area contributed by atoms with Gasteiger partial charge < -0.3 is 0 Å². The average molecular weight is 455 g/mol. The van der Waals surface area contributed by atoms with Gasteiger partial charge in [0.15, 0.2) is 5.78 Å². The zero-order valence-corrected chi connectivity index (χ0v) is 21.2. The lowest BCUT2D eigenvalue weighted by Gasteiger charge is -2.22. The minimum Gasteiger partial charge on any atom is -0.294 e. The third-order valence-electron chi connectivity index (χ3n) is 6.93. The summed E-state index contributed by atoms with van der Waals surface area (Å²) in [5.41, 5.74) is 7.31. The Kier molecular flexibility index (Phi) is 9.89. The van der Waals surface area contributed by atoms with Crippen molar-refractivity contribution in [3.05, 3.63) is 119 Å². The van der Waals surface area contributed by atoms with Crippen molar-refractivity contribution >= 4 is 5.78 Å². The lowest BCUT2D eigenvalue weighted by atomic mass is 9.81. The fourth-order valence-electron chi connectivity index (χ4n) is 4.96. The van der Waals surface area contributed by atoms with Crippen molar-refractivity contribution in [3.63, 3.8) is 0 Å². The summed E-state index contributed by atoms with van der Waals surface area (Å²) in [6.45, 7) is 10.4. The van der Waals surface area contributed by atoms with Gasteiger partial charge in [-0.05, 0) is 72.4 Å². The monoisotopic (exact) mass is 454 g/mol. The number of hydrogen-bond acceptors (Lipinski definition) is 1. The first kappa shape index (κ1) is 25.7.